The lowest BCUT2D eigenvalue weighted by molar-refractivity contribution is -0.134. The number of aryl methyl sites for hydroxylation is 2. The van der Waals surface area contributed by atoms with E-state index in [9.17, 15) is 13.2 Å². The second-order valence-electron chi connectivity index (χ2n) is 7.66. The minimum absolute atomic E-state index is 0.0246. The van der Waals surface area contributed by atoms with Gasteiger partial charge in [0.05, 0.1) is 0 Å². The number of nitrogens with zero attached hydrogens (tertiary/aromatic N) is 3. The molecule has 28 heavy (non-hydrogen) atoms. The van der Waals surface area contributed by atoms with E-state index in [1.54, 1.807) is 9.21 Å². The van der Waals surface area contributed by atoms with Gasteiger partial charge in [-0.1, -0.05) is 25.0 Å². The van der Waals surface area contributed by atoms with Crippen molar-refractivity contribution < 1.29 is 17.9 Å². The summed E-state index contributed by atoms with van der Waals surface area (Å²) in [6, 6.07) is 5.91. The Morgan fingerprint density at radius 3 is 2.18 bits per heavy atom. The molecule has 2 aliphatic heterocycles. The van der Waals surface area contributed by atoms with E-state index in [0.29, 0.717) is 39.3 Å². The van der Waals surface area contributed by atoms with Crippen LogP contribution >= 0.6 is 0 Å². The molecule has 2 fully saturated rings. The number of hydrogen-bond donors (Lipinski definition) is 0. The molecule has 0 N–H and O–H groups in total. The molecule has 1 aromatic rings. The first-order valence-corrected chi connectivity index (χ1v) is 11.5. The smallest absolute Gasteiger partial charge is 0.282 e. The summed E-state index contributed by atoms with van der Waals surface area (Å²) in [7, 11) is -3.43. The SMILES string of the molecule is Cc1ccc(C)c(OCC(=O)N2CCN(S(=O)(=O)N3CCCCCC3)CC2)c1. The normalized spacial score (nSPS) is 20.0. The maximum Gasteiger partial charge on any atom is 0.282 e. The molecular formula is C20H31N3O4S. The van der Waals surface area contributed by atoms with Gasteiger partial charge in [0.1, 0.15) is 5.75 Å². The second-order valence-corrected chi connectivity index (χ2v) is 9.59. The first-order valence-electron chi connectivity index (χ1n) is 10.1. The largest absolute Gasteiger partial charge is 0.483 e. The van der Waals surface area contributed by atoms with Gasteiger partial charge in [0.2, 0.25) is 0 Å². The third kappa shape index (κ3) is 5.04. The zero-order chi connectivity index (χ0) is 20.1. The number of ether oxygens (including phenoxy) is 1. The molecular weight excluding hydrogens is 378 g/mol. The van der Waals surface area contributed by atoms with Gasteiger partial charge in [-0.05, 0) is 43.9 Å². The average Bonchev–Trinajstić information content (AvgIpc) is 2.98. The highest BCUT2D eigenvalue weighted by Crippen LogP contribution is 2.20. The lowest BCUT2D eigenvalue weighted by atomic mass is 10.1. The molecule has 2 heterocycles. The molecule has 7 nitrogen and oxygen atoms in total. The Morgan fingerprint density at radius 1 is 0.929 bits per heavy atom. The number of amides is 1. The Balaban J connectivity index is 1.51. The van der Waals surface area contributed by atoms with E-state index < -0.39 is 10.2 Å². The van der Waals surface area contributed by atoms with Crippen LogP contribution in [0.5, 0.6) is 5.75 Å². The van der Waals surface area contributed by atoms with Gasteiger partial charge in [0, 0.05) is 39.3 Å². The van der Waals surface area contributed by atoms with Crippen molar-refractivity contribution in [2.75, 3.05) is 45.9 Å². The molecule has 8 heteroatoms. The van der Waals surface area contributed by atoms with Gasteiger partial charge < -0.3 is 9.64 Å². The Labute approximate surface area is 168 Å². The number of piperazine rings is 1. The highest BCUT2D eigenvalue weighted by Gasteiger charge is 2.33. The van der Waals surface area contributed by atoms with Crippen molar-refractivity contribution in [3.8, 4) is 5.75 Å². The van der Waals surface area contributed by atoms with Gasteiger partial charge >= 0.3 is 0 Å². The topological polar surface area (TPSA) is 70.2 Å². The third-order valence-electron chi connectivity index (χ3n) is 5.50. The molecule has 0 bridgehead atoms. The molecule has 156 valence electrons. The summed E-state index contributed by atoms with van der Waals surface area (Å²) in [5, 5.41) is 0. The first kappa shape index (κ1) is 21.1. The summed E-state index contributed by atoms with van der Waals surface area (Å²) >= 11 is 0. The van der Waals surface area contributed by atoms with Crippen molar-refractivity contribution in [1.29, 1.82) is 0 Å². The third-order valence-corrected chi connectivity index (χ3v) is 7.54. The molecule has 2 aliphatic rings. The van der Waals surface area contributed by atoms with Gasteiger partial charge in [-0.3, -0.25) is 4.79 Å². The predicted molar refractivity (Wildman–Crippen MR) is 109 cm³/mol. The fourth-order valence-corrected chi connectivity index (χ4v) is 5.37. The molecule has 0 atom stereocenters. The van der Waals surface area contributed by atoms with Crippen molar-refractivity contribution in [3.05, 3.63) is 29.3 Å². The molecule has 2 saturated heterocycles. The molecule has 1 amide bonds. The molecule has 3 rings (SSSR count). The van der Waals surface area contributed by atoms with E-state index in [1.165, 1.54) is 4.31 Å². The van der Waals surface area contributed by atoms with E-state index >= 15 is 0 Å². The van der Waals surface area contributed by atoms with Gasteiger partial charge in [0.15, 0.2) is 6.61 Å². The van der Waals surface area contributed by atoms with E-state index in [0.717, 1.165) is 42.6 Å². The summed E-state index contributed by atoms with van der Waals surface area (Å²) in [4.78, 5) is 14.2. The zero-order valence-electron chi connectivity index (χ0n) is 16.9. The lowest BCUT2D eigenvalue weighted by Gasteiger charge is -2.36. The Hall–Kier alpha value is -1.64. The molecule has 0 radical (unpaired) electrons. The zero-order valence-corrected chi connectivity index (χ0v) is 17.7. The van der Waals surface area contributed by atoms with Crippen LogP contribution in [0, 0.1) is 13.8 Å². The Bertz CT molecular complexity index is 781. The van der Waals surface area contributed by atoms with Crippen LogP contribution in [0.25, 0.3) is 0 Å². The molecule has 0 spiro atoms. The summed E-state index contributed by atoms with van der Waals surface area (Å²) in [5.41, 5.74) is 2.08. The monoisotopic (exact) mass is 409 g/mol. The first-order chi connectivity index (χ1) is 13.4. The fraction of sp³-hybridized carbons (Fsp3) is 0.650. The number of benzene rings is 1. The summed E-state index contributed by atoms with van der Waals surface area (Å²) < 4.78 is 34.6. The minimum atomic E-state index is -3.43. The molecule has 0 aliphatic carbocycles. The predicted octanol–water partition coefficient (Wildman–Crippen LogP) is 1.95. The Kier molecular flexibility index (Phi) is 6.95. The van der Waals surface area contributed by atoms with E-state index in [1.807, 2.05) is 32.0 Å². The van der Waals surface area contributed by atoms with Crippen LogP contribution in [-0.4, -0.2) is 73.7 Å². The summed E-state index contributed by atoms with van der Waals surface area (Å²) in [6.07, 6.45) is 4.03. The molecule has 0 saturated carbocycles. The summed E-state index contributed by atoms with van der Waals surface area (Å²) in [6.45, 7) is 6.61. The van der Waals surface area contributed by atoms with E-state index in [2.05, 4.69) is 0 Å². The van der Waals surface area contributed by atoms with E-state index in [-0.39, 0.29) is 12.5 Å². The highest BCUT2D eigenvalue weighted by atomic mass is 32.2. The van der Waals surface area contributed by atoms with Crippen molar-refractivity contribution in [2.24, 2.45) is 0 Å². The van der Waals surface area contributed by atoms with Crippen LogP contribution < -0.4 is 4.74 Å². The van der Waals surface area contributed by atoms with Crippen molar-refractivity contribution in [3.63, 3.8) is 0 Å². The highest BCUT2D eigenvalue weighted by molar-refractivity contribution is 7.86. The van der Waals surface area contributed by atoms with Crippen molar-refractivity contribution in [1.82, 2.24) is 13.5 Å². The standard InChI is InChI=1S/C20H31N3O4S/c1-17-7-8-18(2)19(15-17)27-16-20(24)21-11-13-23(14-12-21)28(25,26)22-9-5-3-4-6-10-22/h7-8,15H,3-6,9-14,16H2,1-2H3. The maximum absolute atomic E-state index is 12.9. The van der Waals surface area contributed by atoms with E-state index in [4.69, 9.17) is 4.74 Å². The van der Waals surface area contributed by atoms with Crippen molar-refractivity contribution in [2.45, 2.75) is 39.5 Å². The van der Waals surface area contributed by atoms with Crippen LogP contribution in [0.3, 0.4) is 0 Å². The lowest BCUT2D eigenvalue weighted by Crippen LogP contribution is -2.55. The van der Waals surface area contributed by atoms with Gasteiger partial charge in [-0.15, -0.1) is 0 Å². The average molecular weight is 410 g/mol. The van der Waals surface area contributed by atoms with Gasteiger partial charge in [0.25, 0.3) is 16.1 Å². The van der Waals surface area contributed by atoms with Crippen molar-refractivity contribution >= 4 is 16.1 Å². The molecule has 0 unspecified atom stereocenters. The van der Waals surface area contributed by atoms with Crippen LogP contribution in [-0.2, 0) is 15.0 Å². The van der Waals surface area contributed by atoms with Crippen LogP contribution in [0.4, 0.5) is 0 Å². The molecule has 0 aromatic heterocycles. The second kappa shape index (κ2) is 9.24. The number of hydrogen-bond acceptors (Lipinski definition) is 4. The fourth-order valence-electron chi connectivity index (χ4n) is 3.70. The number of carbonyl (C=O) groups excluding carboxylic acids is 1. The number of rotatable bonds is 5. The minimum Gasteiger partial charge on any atom is -0.483 e. The quantitative estimate of drug-likeness (QED) is 0.745. The van der Waals surface area contributed by atoms with Crippen LogP contribution in [0.2, 0.25) is 0 Å². The van der Waals surface area contributed by atoms with Gasteiger partial charge in [-0.2, -0.15) is 17.0 Å². The Morgan fingerprint density at radius 2 is 1.54 bits per heavy atom. The van der Waals surface area contributed by atoms with Gasteiger partial charge in [-0.25, -0.2) is 0 Å². The summed E-state index contributed by atoms with van der Waals surface area (Å²) in [5.74, 6) is 0.614. The number of carbonyl (C=O) groups is 1. The van der Waals surface area contributed by atoms with Crippen LogP contribution in [0.1, 0.15) is 36.8 Å². The maximum atomic E-state index is 12.9. The molecule has 1 aromatic carbocycles. The van der Waals surface area contributed by atoms with Crippen LogP contribution in [0.15, 0.2) is 18.2 Å².